The van der Waals surface area contributed by atoms with Gasteiger partial charge < -0.3 is 20.8 Å². The van der Waals surface area contributed by atoms with Crippen molar-refractivity contribution in [3.8, 4) is 0 Å². The molecule has 0 bridgehead atoms. The first kappa shape index (κ1) is 12.6. The Morgan fingerprint density at radius 1 is 1.39 bits per heavy atom. The Labute approximate surface area is 104 Å². The van der Waals surface area contributed by atoms with Gasteiger partial charge in [0, 0.05) is 18.8 Å². The van der Waals surface area contributed by atoms with Gasteiger partial charge in [0.05, 0.1) is 17.4 Å². The maximum Gasteiger partial charge on any atom is 0.337 e. The summed E-state index contributed by atoms with van der Waals surface area (Å²) in [7, 11) is 0. The van der Waals surface area contributed by atoms with Crippen LogP contribution < -0.4 is 10.6 Å². The molecule has 1 saturated heterocycles. The van der Waals surface area contributed by atoms with Crippen LogP contribution in [0.2, 0.25) is 0 Å². The lowest BCUT2D eigenvalue weighted by Gasteiger charge is -2.31. The number of anilines is 2. The smallest absolute Gasteiger partial charge is 0.337 e. The Kier molecular flexibility index (Phi) is 3.38. The number of aliphatic hydroxyl groups is 1. The highest BCUT2D eigenvalue weighted by Crippen LogP contribution is 2.27. The number of piperidine rings is 1. The van der Waals surface area contributed by atoms with Crippen molar-refractivity contribution in [2.75, 3.05) is 23.7 Å². The number of hydrogen-bond donors (Lipinski definition) is 3. The van der Waals surface area contributed by atoms with Crippen LogP contribution in [0.3, 0.4) is 0 Å². The number of halogens is 1. The summed E-state index contributed by atoms with van der Waals surface area (Å²) < 4.78 is 13.8. The molecule has 1 aromatic rings. The minimum Gasteiger partial charge on any atom is -0.478 e. The lowest BCUT2D eigenvalue weighted by molar-refractivity contribution is 0.0698. The second-order valence-corrected chi connectivity index (χ2v) is 4.41. The average Bonchev–Trinajstić information content (AvgIpc) is 2.30. The van der Waals surface area contributed by atoms with Crippen molar-refractivity contribution >= 4 is 17.3 Å². The van der Waals surface area contributed by atoms with Crippen molar-refractivity contribution in [1.29, 1.82) is 0 Å². The molecule has 0 unspecified atom stereocenters. The lowest BCUT2D eigenvalue weighted by atomic mass is 10.1. The van der Waals surface area contributed by atoms with Gasteiger partial charge >= 0.3 is 5.97 Å². The van der Waals surface area contributed by atoms with Gasteiger partial charge in [-0.3, -0.25) is 0 Å². The van der Waals surface area contributed by atoms with Crippen LogP contribution in [0.15, 0.2) is 12.1 Å². The highest BCUT2D eigenvalue weighted by Gasteiger charge is 2.22. The van der Waals surface area contributed by atoms with Crippen LogP contribution in [0.25, 0.3) is 0 Å². The van der Waals surface area contributed by atoms with Crippen molar-refractivity contribution in [3.63, 3.8) is 0 Å². The van der Waals surface area contributed by atoms with Gasteiger partial charge in [-0.25, -0.2) is 9.18 Å². The summed E-state index contributed by atoms with van der Waals surface area (Å²) in [6.07, 6.45) is 0.732. The van der Waals surface area contributed by atoms with E-state index in [2.05, 4.69) is 0 Å². The number of carboxylic acids is 1. The molecule has 18 heavy (non-hydrogen) atoms. The molecule has 0 amide bonds. The summed E-state index contributed by atoms with van der Waals surface area (Å²) in [6, 6.07) is 2.29. The Balaban J connectivity index is 2.32. The van der Waals surface area contributed by atoms with Crippen LogP contribution in [0.1, 0.15) is 23.2 Å². The molecule has 0 radical (unpaired) electrons. The monoisotopic (exact) mass is 254 g/mol. The second-order valence-electron chi connectivity index (χ2n) is 4.41. The zero-order chi connectivity index (χ0) is 13.3. The third-order valence-corrected chi connectivity index (χ3v) is 3.15. The molecule has 0 atom stereocenters. The van der Waals surface area contributed by atoms with Crippen LogP contribution in [0.4, 0.5) is 15.8 Å². The highest BCUT2D eigenvalue weighted by molar-refractivity contribution is 5.95. The van der Waals surface area contributed by atoms with Gasteiger partial charge in [-0.2, -0.15) is 0 Å². The fourth-order valence-corrected chi connectivity index (χ4v) is 2.11. The van der Waals surface area contributed by atoms with Crippen LogP contribution in [-0.2, 0) is 0 Å². The largest absolute Gasteiger partial charge is 0.478 e. The van der Waals surface area contributed by atoms with Crippen molar-refractivity contribution in [1.82, 2.24) is 0 Å². The molecule has 0 spiro atoms. The number of aliphatic hydroxyl groups excluding tert-OH is 1. The van der Waals surface area contributed by atoms with Gasteiger partial charge in [-0.15, -0.1) is 0 Å². The fourth-order valence-electron chi connectivity index (χ4n) is 2.11. The Morgan fingerprint density at radius 2 is 2.00 bits per heavy atom. The van der Waals surface area contributed by atoms with Crippen molar-refractivity contribution in [2.24, 2.45) is 0 Å². The van der Waals surface area contributed by atoms with Gasteiger partial charge in [0.2, 0.25) is 0 Å². The summed E-state index contributed by atoms with van der Waals surface area (Å²) in [6.45, 7) is 1.00. The van der Waals surface area contributed by atoms with Crippen LogP contribution >= 0.6 is 0 Å². The standard InChI is InChI=1S/C12H15FN2O3/c13-9-6-10(14)8(12(17)18)5-11(9)15-3-1-7(16)2-4-15/h5-7,16H,1-4,14H2,(H,17,18). The summed E-state index contributed by atoms with van der Waals surface area (Å²) in [4.78, 5) is 12.7. The van der Waals surface area contributed by atoms with Crippen molar-refractivity contribution in [3.05, 3.63) is 23.5 Å². The topological polar surface area (TPSA) is 86.8 Å². The minimum absolute atomic E-state index is 0.0826. The number of nitrogens with zero attached hydrogens (tertiary/aromatic N) is 1. The number of nitrogens with two attached hydrogens (primary N) is 1. The van der Waals surface area contributed by atoms with Crippen LogP contribution in [-0.4, -0.2) is 35.4 Å². The number of nitrogen functional groups attached to an aromatic ring is 1. The molecule has 1 heterocycles. The Morgan fingerprint density at radius 3 is 2.56 bits per heavy atom. The number of benzene rings is 1. The van der Waals surface area contributed by atoms with E-state index in [1.165, 1.54) is 6.07 Å². The predicted molar refractivity (Wildman–Crippen MR) is 65.2 cm³/mol. The molecule has 1 aliphatic rings. The van der Waals surface area contributed by atoms with E-state index in [9.17, 15) is 14.3 Å². The van der Waals surface area contributed by atoms with E-state index in [-0.39, 0.29) is 23.0 Å². The first-order chi connectivity index (χ1) is 8.49. The van der Waals surface area contributed by atoms with Gasteiger partial charge in [0.1, 0.15) is 5.82 Å². The number of hydrogen-bond acceptors (Lipinski definition) is 4. The van der Waals surface area contributed by atoms with E-state index in [1.54, 1.807) is 4.90 Å². The molecule has 98 valence electrons. The summed E-state index contributed by atoms with van der Waals surface area (Å²) >= 11 is 0. The molecule has 1 aliphatic heterocycles. The normalized spacial score (nSPS) is 16.9. The van der Waals surface area contributed by atoms with E-state index in [1.807, 2.05) is 0 Å². The number of carboxylic acid groups (broad SMARTS) is 1. The zero-order valence-corrected chi connectivity index (χ0v) is 9.77. The number of carbonyl (C=O) groups is 1. The first-order valence-corrected chi connectivity index (χ1v) is 5.74. The highest BCUT2D eigenvalue weighted by atomic mass is 19.1. The number of aromatic carboxylic acids is 1. The number of rotatable bonds is 2. The van der Waals surface area contributed by atoms with E-state index in [4.69, 9.17) is 10.8 Å². The molecule has 0 aliphatic carbocycles. The molecular formula is C12H15FN2O3. The molecule has 0 saturated carbocycles. The van der Waals surface area contributed by atoms with Crippen LogP contribution in [0, 0.1) is 5.82 Å². The van der Waals surface area contributed by atoms with Crippen LogP contribution in [0.5, 0.6) is 0 Å². The van der Waals surface area contributed by atoms with E-state index < -0.39 is 11.8 Å². The Bertz CT molecular complexity index is 471. The predicted octanol–water partition coefficient (Wildman–Crippen LogP) is 1.07. The molecule has 1 fully saturated rings. The molecule has 6 heteroatoms. The third kappa shape index (κ3) is 2.38. The molecule has 1 aromatic carbocycles. The van der Waals surface area contributed by atoms with E-state index in [0.717, 1.165) is 6.07 Å². The zero-order valence-electron chi connectivity index (χ0n) is 9.77. The van der Waals surface area contributed by atoms with Gasteiger partial charge in [0.15, 0.2) is 0 Å². The maximum absolute atomic E-state index is 13.8. The molecule has 0 aromatic heterocycles. The van der Waals surface area contributed by atoms with Crippen molar-refractivity contribution in [2.45, 2.75) is 18.9 Å². The SMILES string of the molecule is Nc1cc(F)c(N2CCC(O)CC2)cc1C(=O)O. The molecular weight excluding hydrogens is 239 g/mol. The summed E-state index contributed by atoms with van der Waals surface area (Å²) in [5.41, 5.74) is 5.51. The maximum atomic E-state index is 13.8. The molecule has 5 nitrogen and oxygen atoms in total. The van der Waals surface area contributed by atoms with Gasteiger partial charge in [-0.1, -0.05) is 0 Å². The van der Waals surface area contributed by atoms with E-state index >= 15 is 0 Å². The average molecular weight is 254 g/mol. The Hall–Kier alpha value is -1.82. The fraction of sp³-hybridized carbons (Fsp3) is 0.417. The van der Waals surface area contributed by atoms with Gasteiger partial charge in [0.25, 0.3) is 0 Å². The minimum atomic E-state index is -1.18. The quantitative estimate of drug-likeness (QED) is 0.687. The molecule has 2 rings (SSSR count). The van der Waals surface area contributed by atoms with Crippen molar-refractivity contribution < 1.29 is 19.4 Å². The summed E-state index contributed by atoms with van der Waals surface area (Å²) in [5, 5.41) is 18.4. The second kappa shape index (κ2) is 4.81. The summed E-state index contributed by atoms with van der Waals surface area (Å²) in [5.74, 6) is -1.71. The molecule has 4 N–H and O–H groups in total. The van der Waals surface area contributed by atoms with E-state index in [0.29, 0.717) is 25.9 Å². The lowest BCUT2D eigenvalue weighted by Crippen LogP contribution is -2.36. The third-order valence-electron chi connectivity index (χ3n) is 3.15. The van der Waals surface area contributed by atoms with Gasteiger partial charge in [-0.05, 0) is 25.0 Å². The first-order valence-electron chi connectivity index (χ1n) is 5.74.